The van der Waals surface area contributed by atoms with Gasteiger partial charge in [0.05, 0.1) is 37.3 Å². The molecule has 0 aliphatic heterocycles. The number of methoxy groups -OCH3 is 1. The summed E-state index contributed by atoms with van der Waals surface area (Å²) in [6.07, 6.45) is 6.03. The van der Waals surface area contributed by atoms with Gasteiger partial charge in [0.25, 0.3) is 0 Å². The average molecular weight is 541 g/mol. The maximum absolute atomic E-state index is 14.7. The van der Waals surface area contributed by atoms with Crippen LogP contribution < -0.4 is 20.7 Å². The SMILES string of the molecule is COc1cccnc1NC(=O)Nc1ccc(CC(=O)NC(CC(C)C)c2cn(CCCC(=O)O)cn2)cc1F. The Morgan fingerprint density at radius 3 is 2.64 bits per heavy atom. The molecule has 11 nitrogen and oxygen atoms in total. The van der Waals surface area contributed by atoms with Crippen LogP contribution in [0, 0.1) is 11.7 Å². The molecule has 0 aliphatic rings. The zero-order valence-electron chi connectivity index (χ0n) is 22.1. The van der Waals surface area contributed by atoms with Crippen molar-refractivity contribution in [3.05, 3.63) is 66.1 Å². The zero-order valence-corrected chi connectivity index (χ0v) is 22.1. The number of hydrogen-bond acceptors (Lipinski definition) is 6. The minimum atomic E-state index is -0.853. The molecule has 2 aromatic heterocycles. The van der Waals surface area contributed by atoms with Crippen molar-refractivity contribution in [2.45, 2.75) is 52.1 Å². The number of carbonyl (C=O) groups excluding carboxylic acids is 2. The summed E-state index contributed by atoms with van der Waals surface area (Å²) in [6.45, 7) is 4.57. The summed E-state index contributed by atoms with van der Waals surface area (Å²) in [5, 5.41) is 16.7. The second-order valence-electron chi connectivity index (χ2n) is 9.41. The fourth-order valence-corrected chi connectivity index (χ4v) is 3.93. The van der Waals surface area contributed by atoms with Gasteiger partial charge in [0.2, 0.25) is 5.91 Å². The molecular weight excluding hydrogens is 507 g/mol. The summed E-state index contributed by atoms with van der Waals surface area (Å²) in [7, 11) is 1.44. The van der Waals surface area contributed by atoms with Gasteiger partial charge < -0.3 is 25.0 Å². The lowest BCUT2D eigenvalue weighted by molar-refractivity contribution is -0.137. The minimum Gasteiger partial charge on any atom is -0.493 e. The van der Waals surface area contributed by atoms with Crippen LogP contribution in [-0.2, 0) is 22.6 Å². The van der Waals surface area contributed by atoms with Crippen LogP contribution in [0.15, 0.2) is 49.1 Å². The molecule has 39 heavy (non-hydrogen) atoms. The smallest absolute Gasteiger partial charge is 0.325 e. The third kappa shape index (κ3) is 9.09. The molecule has 3 aromatic rings. The quantitative estimate of drug-likeness (QED) is 0.251. The Labute approximate surface area is 225 Å². The molecule has 3 rings (SSSR count). The average Bonchev–Trinajstić information content (AvgIpc) is 3.34. The molecule has 0 bridgehead atoms. The lowest BCUT2D eigenvalue weighted by atomic mass is 10.0. The van der Waals surface area contributed by atoms with Crippen molar-refractivity contribution in [2.75, 3.05) is 17.7 Å². The van der Waals surface area contributed by atoms with E-state index in [1.807, 2.05) is 13.8 Å². The van der Waals surface area contributed by atoms with Crippen LogP contribution in [0.4, 0.5) is 20.7 Å². The number of carboxylic acids is 1. The number of rotatable bonds is 13. The van der Waals surface area contributed by atoms with Crippen molar-refractivity contribution in [1.82, 2.24) is 19.9 Å². The van der Waals surface area contributed by atoms with Crippen molar-refractivity contribution in [3.8, 4) is 5.75 Å². The lowest BCUT2D eigenvalue weighted by Crippen LogP contribution is -2.31. The Bertz CT molecular complexity index is 1300. The monoisotopic (exact) mass is 540 g/mol. The maximum Gasteiger partial charge on any atom is 0.325 e. The van der Waals surface area contributed by atoms with E-state index in [1.54, 1.807) is 35.3 Å². The number of ether oxygens (including phenoxy) is 1. The van der Waals surface area contributed by atoms with Crippen LogP contribution in [0.3, 0.4) is 0 Å². The van der Waals surface area contributed by atoms with Crippen LogP contribution in [0.2, 0.25) is 0 Å². The van der Waals surface area contributed by atoms with Crippen LogP contribution in [-0.4, -0.2) is 44.7 Å². The Balaban J connectivity index is 1.59. The molecule has 1 unspecified atom stereocenters. The first kappa shape index (κ1) is 29.1. The molecule has 2 heterocycles. The number of anilines is 2. The summed E-state index contributed by atoms with van der Waals surface area (Å²) in [5.41, 5.74) is 1.05. The van der Waals surface area contributed by atoms with Crippen molar-refractivity contribution in [2.24, 2.45) is 5.92 Å². The van der Waals surface area contributed by atoms with Gasteiger partial charge in [0.15, 0.2) is 11.6 Å². The van der Waals surface area contributed by atoms with Gasteiger partial charge in [-0.05, 0) is 48.6 Å². The topological polar surface area (TPSA) is 147 Å². The summed E-state index contributed by atoms with van der Waals surface area (Å²) in [5.74, 6) is -1.03. The number of benzene rings is 1. The number of imidazole rings is 1. The van der Waals surface area contributed by atoms with Gasteiger partial charge in [-0.25, -0.2) is 19.2 Å². The molecule has 0 radical (unpaired) electrons. The van der Waals surface area contributed by atoms with E-state index in [0.29, 0.717) is 36.4 Å². The number of nitrogens with one attached hydrogen (secondary N) is 3. The highest BCUT2D eigenvalue weighted by Crippen LogP contribution is 2.23. The van der Waals surface area contributed by atoms with Crippen molar-refractivity contribution in [3.63, 3.8) is 0 Å². The second-order valence-corrected chi connectivity index (χ2v) is 9.41. The first-order valence-corrected chi connectivity index (χ1v) is 12.5. The van der Waals surface area contributed by atoms with Gasteiger partial charge in [-0.1, -0.05) is 19.9 Å². The van der Waals surface area contributed by atoms with Crippen LogP contribution >= 0.6 is 0 Å². The Hall–Kier alpha value is -4.48. The van der Waals surface area contributed by atoms with E-state index < -0.39 is 17.8 Å². The maximum atomic E-state index is 14.7. The highest BCUT2D eigenvalue weighted by atomic mass is 19.1. The number of aliphatic carboxylic acids is 1. The normalized spacial score (nSPS) is 11.6. The standard InChI is InChI=1S/C27H33FN6O5/c1-17(2)12-21(22-15-34(16-30-22)11-5-7-25(36)37)31-24(35)14-18-8-9-20(19(28)13-18)32-27(38)33-26-23(39-3)6-4-10-29-26/h4,6,8-10,13,15-17,21H,5,7,11-12,14H2,1-3H3,(H,31,35)(H,36,37)(H2,29,32,33,38). The fraction of sp³-hybridized carbons (Fsp3) is 0.370. The number of carbonyl (C=O) groups is 3. The molecule has 12 heteroatoms. The van der Waals surface area contributed by atoms with Gasteiger partial charge in [-0.2, -0.15) is 0 Å². The molecule has 1 aromatic carbocycles. The third-order valence-corrected chi connectivity index (χ3v) is 5.73. The number of aromatic nitrogens is 3. The first-order chi connectivity index (χ1) is 18.6. The van der Waals surface area contributed by atoms with Crippen LogP contribution in [0.5, 0.6) is 5.75 Å². The molecule has 208 valence electrons. The molecule has 0 saturated heterocycles. The number of halogens is 1. The Kier molecular flexibility index (Phi) is 10.4. The first-order valence-electron chi connectivity index (χ1n) is 12.5. The van der Waals surface area contributed by atoms with Crippen molar-refractivity contribution < 1.29 is 28.6 Å². The van der Waals surface area contributed by atoms with E-state index in [2.05, 4.69) is 25.9 Å². The number of aryl methyl sites for hydroxylation is 1. The van der Waals surface area contributed by atoms with Gasteiger partial charge in [0, 0.05) is 25.4 Å². The summed E-state index contributed by atoms with van der Waals surface area (Å²) < 4.78 is 21.7. The summed E-state index contributed by atoms with van der Waals surface area (Å²) in [6, 6.07) is 6.38. The lowest BCUT2D eigenvalue weighted by Gasteiger charge is -2.19. The summed E-state index contributed by atoms with van der Waals surface area (Å²) in [4.78, 5) is 44.3. The molecule has 0 fully saturated rings. The predicted octanol–water partition coefficient (Wildman–Crippen LogP) is 4.38. The number of hydrogen-bond donors (Lipinski definition) is 4. The van der Waals surface area contributed by atoms with Gasteiger partial charge in [-0.3, -0.25) is 14.9 Å². The largest absolute Gasteiger partial charge is 0.493 e. The molecule has 0 aliphatic carbocycles. The summed E-state index contributed by atoms with van der Waals surface area (Å²) >= 11 is 0. The molecule has 0 spiro atoms. The van der Waals surface area contributed by atoms with Crippen molar-refractivity contribution in [1.29, 1.82) is 0 Å². The molecule has 0 saturated carbocycles. The molecular formula is C27H33FN6O5. The molecule has 4 N–H and O–H groups in total. The van der Waals surface area contributed by atoms with Crippen molar-refractivity contribution >= 4 is 29.4 Å². The van der Waals surface area contributed by atoms with Crippen LogP contribution in [0.1, 0.15) is 50.4 Å². The second kappa shape index (κ2) is 13.9. The predicted molar refractivity (Wildman–Crippen MR) is 143 cm³/mol. The number of pyridine rings is 1. The van der Waals surface area contributed by atoms with Gasteiger partial charge in [-0.15, -0.1) is 0 Å². The number of amides is 3. The zero-order chi connectivity index (χ0) is 28.4. The number of carboxylic acid groups (broad SMARTS) is 1. The van der Waals surface area contributed by atoms with E-state index in [9.17, 15) is 18.8 Å². The fourth-order valence-electron chi connectivity index (χ4n) is 3.93. The van der Waals surface area contributed by atoms with Gasteiger partial charge in [0.1, 0.15) is 5.82 Å². The Morgan fingerprint density at radius 1 is 1.15 bits per heavy atom. The van der Waals surface area contributed by atoms with E-state index in [4.69, 9.17) is 9.84 Å². The van der Waals surface area contributed by atoms with E-state index >= 15 is 0 Å². The Morgan fingerprint density at radius 2 is 1.95 bits per heavy atom. The van der Waals surface area contributed by atoms with Gasteiger partial charge >= 0.3 is 12.0 Å². The van der Waals surface area contributed by atoms with E-state index in [-0.39, 0.29) is 42.2 Å². The van der Waals surface area contributed by atoms with E-state index in [0.717, 1.165) is 0 Å². The number of urea groups is 1. The molecule has 3 amide bonds. The molecule has 1 atom stereocenters. The third-order valence-electron chi connectivity index (χ3n) is 5.73. The van der Waals surface area contributed by atoms with E-state index in [1.165, 1.54) is 25.4 Å². The minimum absolute atomic E-state index is 0.0577. The van der Waals surface area contributed by atoms with Crippen LogP contribution in [0.25, 0.3) is 0 Å². The highest BCUT2D eigenvalue weighted by molar-refractivity contribution is 6.00. The highest BCUT2D eigenvalue weighted by Gasteiger charge is 2.20. The number of nitrogens with zero attached hydrogens (tertiary/aromatic N) is 3.